The summed E-state index contributed by atoms with van der Waals surface area (Å²) in [4.78, 5) is 3.39. The first-order chi connectivity index (χ1) is 6.07. The van der Waals surface area contributed by atoms with Crippen LogP contribution in [0.25, 0.3) is 0 Å². The quantitative estimate of drug-likeness (QED) is 0.696. The fraction of sp³-hybridized carbons (Fsp3) is 0.625. The molecule has 1 fully saturated rings. The first-order valence-corrected chi connectivity index (χ1v) is 4.08. The van der Waals surface area contributed by atoms with Gasteiger partial charge >= 0.3 is 6.18 Å². The Hall–Kier alpha value is -1.00. The second-order valence-electron chi connectivity index (χ2n) is 3.30. The van der Waals surface area contributed by atoms with Crippen LogP contribution in [-0.2, 0) is 12.7 Å². The third-order valence-electron chi connectivity index (χ3n) is 2.08. The number of imidazole rings is 1. The SMILES string of the molecule is FC(F)(F)c1cn[c]n1CC1CC1. The normalized spacial score (nSPS) is 17.8. The maximum absolute atomic E-state index is 12.3. The van der Waals surface area contributed by atoms with E-state index in [1.807, 2.05) is 0 Å². The lowest BCUT2D eigenvalue weighted by molar-refractivity contribution is -0.143. The molecule has 2 rings (SSSR count). The van der Waals surface area contributed by atoms with Crippen LogP contribution in [0.2, 0.25) is 0 Å². The second kappa shape index (κ2) is 2.75. The van der Waals surface area contributed by atoms with Crippen molar-refractivity contribution in [3.63, 3.8) is 0 Å². The van der Waals surface area contributed by atoms with Crippen molar-refractivity contribution in [2.24, 2.45) is 5.92 Å². The number of aromatic nitrogens is 2. The van der Waals surface area contributed by atoms with E-state index in [-0.39, 0.29) is 0 Å². The summed E-state index contributed by atoms with van der Waals surface area (Å²) in [5.74, 6) is 0.395. The molecule has 13 heavy (non-hydrogen) atoms. The molecule has 1 aliphatic rings. The standard InChI is InChI=1S/C8H8F3N2/c9-8(10,11)7-3-12-5-13(7)4-6-1-2-6/h3,6H,1-2,4H2. The number of alkyl halides is 3. The van der Waals surface area contributed by atoms with Crippen LogP contribution in [0.15, 0.2) is 6.20 Å². The molecule has 0 bridgehead atoms. The van der Waals surface area contributed by atoms with Gasteiger partial charge in [0, 0.05) is 6.54 Å². The van der Waals surface area contributed by atoms with Crippen LogP contribution in [-0.4, -0.2) is 9.55 Å². The zero-order valence-corrected chi connectivity index (χ0v) is 6.80. The molecule has 1 radical (unpaired) electrons. The molecule has 0 saturated heterocycles. The average molecular weight is 189 g/mol. The van der Waals surface area contributed by atoms with Crippen LogP contribution >= 0.6 is 0 Å². The number of halogens is 3. The Morgan fingerprint density at radius 2 is 2.23 bits per heavy atom. The highest BCUT2D eigenvalue weighted by atomic mass is 19.4. The lowest BCUT2D eigenvalue weighted by atomic mass is 10.4. The van der Waals surface area contributed by atoms with E-state index < -0.39 is 11.9 Å². The molecule has 1 heterocycles. The van der Waals surface area contributed by atoms with Gasteiger partial charge in [0.25, 0.3) is 0 Å². The molecule has 1 aromatic rings. The zero-order valence-electron chi connectivity index (χ0n) is 6.80. The van der Waals surface area contributed by atoms with E-state index in [9.17, 15) is 13.2 Å². The van der Waals surface area contributed by atoms with E-state index in [1.165, 1.54) is 0 Å². The topological polar surface area (TPSA) is 17.8 Å². The lowest BCUT2D eigenvalue weighted by Crippen LogP contribution is -2.13. The van der Waals surface area contributed by atoms with Gasteiger partial charge in [-0.3, -0.25) is 0 Å². The molecule has 0 atom stereocenters. The molecule has 0 amide bonds. The van der Waals surface area contributed by atoms with Gasteiger partial charge in [-0.2, -0.15) is 13.2 Å². The van der Waals surface area contributed by atoms with Crippen molar-refractivity contribution < 1.29 is 13.2 Å². The summed E-state index contributed by atoms with van der Waals surface area (Å²) in [5.41, 5.74) is -0.695. The van der Waals surface area contributed by atoms with Crippen LogP contribution < -0.4 is 0 Å². The molecule has 0 N–H and O–H groups in total. The Balaban J connectivity index is 2.19. The largest absolute Gasteiger partial charge is 0.433 e. The third-order valence-corrected chi connectivity index (χ3v) is 2.08. The van der Waals surface area contributed by atoms with E-state index in [0.29, 0.717) is 12.5 Å². The van der Waals surface area contributed by atoms with Gasteiger partial charge in [-0.25, -0.2) is 4.98 Å². The van der Waals surface area contributed by atoms with Crippen LogP contribution in [0.1, 0.15) is 18.5 Å². The van der Waals surface area contributed by atoms with Crippen molar-refractivity contribution in [1.29, 1.82) is 0 Å². The first kappa shape index (κ1) is 8.59. The summed E-state index contributed by atoms with van der Waals surface area (Å²) in [6.07, 6.45) is 0.883. The molecule has 0 aromatic carbocycles. The highest BCUT2D eigenvalue weighted by Gasteiger charge is 2.36. The van der Waals surface area contributed by atoms with Crippen LogP contribution in [0.5, 0.6) is 0 Å². The monoisotopic (exact) mass is 189 g/mol. The maximum Gasteiger partial charge on any atom is 0.433 e. The van der Waals surface area contributed by atoms with Crippen LogP contribution in [0.4, 0.5) is 13.2 Å². The van der Waals surface area contributed by atoms with Gasteiger partial charge in [-0.1, -0.05) is 0 Å². The second-order valence-corrected chi connectivity index (χ2v) is 3.30. The lowest BCUT2D eigenvalue weighted by Gasteiger charge is -2.09. The van der Waals surface area contributed by atoms with E-state index in [2.05, 4.69) is 11.3 Å². The van der Waals surface area contributed by atoms with Gasteiger partial charge in [0.2, 0.25) is 0 Å². The summed E-state index contributed by atoms with van der Waals surface area (Å²) in [5, 5.41) is 0. The molecule has 1 saturated carbocycles. The van der Waals surface area contributed by atoms with Gasteiger partial charge in [-0.15, -0.1) is 0 Å². The smallest absolute Gasteiger partial charge is 0.318 e. The molecular weight excluding hydrogens is 181 g/mol. The van der Waals surface area contributed by atoms with Crippen LogP contribution in [0.3, 0.4) is 0 Å². The Morgan fingerprint density at radius 1 is 1.54 bits per heavy atom. The van der Waals surface area contributed by atoms with Crippen molar-refractivity contribution >= 4 is 0 Å². The Labute approximate surface area is 73.4 Å². The van der Waals surface area contributed by atoms with Gasteiger partial charge in [-0.05, 0) is 18.8 Å². The minimum atomic E-state index is -4.30. The minimum Gasteiger partial charge on any atom is -0.318 e. The van der Waals surface area contributed by atoms with Gasteiger partial charge in [0.15, 0.2) is 6.33 Å². The minimum absolute atomic E-state index is 0.395. The Morgan fingerprint density at radius 3 is 2.77 bits per heavy atom. The zero-order chi connectivity index (χ0) is 9.47. The summed E-state index contributed by atoms with van der Waals surface area (Å²) in [6.45, 7) is 0.398. The Bertz CT molecular complexity index is 299. The first-order valence-electron chi connectivity index (χ1n) is 4.08. The number of hydrogen-bond acceptors (Lipinski definition) is 1. The molecule has 0 unspecified atom stereocenters. The molecule has 1 aromatic heterocycles. The average Bonchev–Trinajstić information content (AvgIpc) is 2.63. The van der Waals surface area contributed by atoms with Crippen LogP contribution in [0, 0.1) is 12.2 Å². The number of nitrogens with zero attached hydrogens (tertiary/aromatic N) is 2. The van der Waals surface area contributed by atoms with Gasteiger partial charge in [0.1, 0.15) is 5.69 Å². The molecule has 71 valence electrons. The predicted octanol–water partition coefficient (Wildman–Crippen LogP) is 2.11. The molecule has 2 nitrogen and oxygen atoms in total. The highest BCUT2D eigenvalue weighted by molar-refractivity contribution is 5.03. The number of hydrogen-bond donors (Lipinski definition) is 0. The van der Waals surface area contributed by atoms with Crippen molar-refractivity contribution in [2.45, 2.75) is 25.6 Å². The summed E-state index contributed by atoms with van der Waals surface area (Å²) in [7, 11) is 0. The highest BCUT2D eigenvalue weighted by Crippen LogP contribution is 2.34. The summed E-state index contributed by atoms with van der Waals surface area (Å²) < 4.78 is 37.9. The van der Waals surface area contributed by atoms with E-state index >= 15 is 0 Å². The fourth-order valence-corrected chi connectivity index (χ4v) is 1.21. The number of rotatable bonds is 2. The summed E-state index contributed by atoms with van der Waals surface area (Å²) in [6, 6.07) is 0. The van der Waals surface area contributed by atoms with E-state index in [4.69, 9.17) is 0 Å². The van der Waals surface area contributed by atoms with Crippen molar-refractivity contribution in [3.8, 4) is 0 Å². The molecular formula is C8H8F3N2. The summed E-state index contributed by atoms with van der Waals surface area (Å²) >= 11 is 0. The molecule has 0 spiro atoms. The third kappa shape index (κ3) is 1.84. The maximum atomic E-state index is 12.3. The Kier molecular flexibility index (Phi) is 1.82. The fourth-order valence-electron chi connectivity index (χ4n) is 1.21. The van der Waals surface area contributed by atoms with Gasteiger partial charge < -0.3 is 4.57 Å². The van der Waals surface area contributed by atoms with E-state index in [1.54, 1.807) is 0 Å². The predicted molar refractivity (Wildman–Crippen MR) is 38.8 cm³/mol. The van der Waals surface area contributed by atoms with Crippen molar-refractivity contribution in [3.05, 3.63) is 18.2 Å². The molecule has 5 heteroatoms. The molecule has 0 aliphatic heterocycles. The van der Waals surface area contributed by atoms with Gasteiger partial charge in [0.05, 0.1) is 6.20 Å². The van der Waals surface area contributed by atoms with Crippen molar-refractivity contribution in [2.75, 3.05) is 0 Å². The van der Waals surface area contributed by atoms with Crippen molar-refractivity contribution in [1.82, 2.24) is 9.55 Å². The van der Waals surface area contributed by atoms with E-state index in [0.717, 1.165) is 23.6 Å². The molecule has 1 aliphatic carbocycles.